The first-order valence-corrected chi connectivity index (χ1v) is 12.8. The third kappa shape index (κ3) is 12.2. The van der Waals surface area contributed by atoms with Gasteiger partial charge in [0, 0.05) is 6.54 Å². The molecule has 0 aliphatic rings. The number of rotatable bonds is 15. The second kappa shape index (κ2) is 16.6. The average molecular weight is 527 g/mol. The normalized spacial score (nSPS) is 12.2. The lowest BCUT2D eigenvalue weighted by atomic mass is 10.0. The Morgan fingerprint density at radius 2 is 1.32 bits per heavy atom. The van der Waals surface area contributed by atoms with Crippen LogP contribution in [0.5, 0.6) is 0 Å². The van der Waals surface area contributed by atoms with Crippen LogP contribution in [0, 0.1) is 5.92 Å². The van der Waals surface area contributed by atoms with Crippen molar-refractivity contribution in [3.63, 3.8) is 0 Å². The smallest absolute Gasteiger partial charge is 0.408 e. The van der Waals surface area contributed by atoms with Crippen molar-refractivity contribution in [1.29, 1.82) is 0 Å². The monoisotopic (exact) mass is 526 g/mol. The van der Waals surface area contributed by atoms with Crippen molar-refractivity contribution < 1.29 is 28.7 Å². The van der Waals surface area contributed by atoms with E-state index in [2.05, 4.69) is 16.0 Å². The Bertz CT molecular complexity index is 1020. The molecule has 38 heavy (non-hydrogen) atoms. The van der Waals surface area contributed by atoms with Gasteiger partial charge in [-0.1, -0.05) is 74.5 Å². The van der Waals surface area contributed by atoms with Crippen LogP contribution in [-0.4, -0.2) is 42.6 Å². The van der Waals surface area contributed by atoms with Crippen LogP contribution in [0.2, 0.25) is 0 Å². The number of nitrogens with one attached hydrogen (secondary N) is 3. The molecule has 0 spiro atoms. The molecule has 2 rings (SSSR count). The minimum absolute atomic E-state index is 0.0489. The molecule has 5 N–H and O–H groups in total. The van der Waals surface area contributed by atoms with E-state index in [1.165, 1.54) is 0 Å². The molecule has 0 saturated heterocycles. The molecular weight excluding hydrogens is 488 g/mol. The van der Waals surface area contributed by atoms with E-state index in [0.29, 0.717) is 25.8 Å². The highest BCUT2D eigenvalue weighted by Gasteiger charge is 2.26. The Morgan fingerprint density at radius 1 is 0.763 bits per heavy atom. The molecule has 0 heterocycles. The maximum absolute atomic E-state index is 13.0. The first-order chi connectivity index (χ1) is 18.2. The van der Waals surface area contributed by atoms with Gasteiger partial charge in [0.2, 0.25) is 11.8 Å². The lowest BCUT2D eigenvalue weighted by molar-refractivity contribution is -0.129. The van der Waals surface area contributed by atoms with Crippen molar-refractivity contribution in [2.75, 3.05) is 6.54 Å². The summed E-state index contributed by atoms with van der Waals surface area (Å²) in [4.78, 5) is 49.1. The van der Waals surface area contributed by atoms with Gasteiger partial charge in [-0.3, -0.25) is 9.59 Å². The number of primary amides is 1. The van der Waals surface area contributed by atoms with Crippen LogP contribution < -0.4 is 21.7 Å². The lowest BCUT2D eigenvalue weighted by Crippen LogP contribution is -2.53. The Hall–Kier alpha value is -4.08. The number of hydrogen-bond donors (Lipinski definition) is 4. The van der Waals surface area contributed by atoms with Crippen LogP contribution in [0.1, 0.15) is 50.7 Å². The molecule has 0 bridgehead atoms. The van der Waals surface area contributed by atoms with Crippen molar-refractivity contribution in [1.82, 2.24) is 16.0 Å². The summed E-state index contributed by atoms with van der Waals surface area (Å²) >= 11 is 0. The predicted octanol–water partition coefficient (Wildman–Crippen LogP) is 3.39. The summed E-state index contributed by atoms with van der Waals surface area (Å²) in [6.07, 6.45) is 0.388. The maximum Gasteiger partial charge on any atom is 0.408 e. The summed E-state index contributed by atoms with van der Waals surface area (Å²) in [5, 5.41) is 7.90. The Balaban J connectivity index is 1.84. The van der Waals surface area contributed by atoms with Gasteiger partial charge < -0.3 is 31.2 Å². The molecule has 0 radical (unpaired) electrons. The fourth-order valence-electron chi connectivity index (χ4n) is 3.60. The molecule has 2 aromatic carbocycles. The van der Waals surface area contributed by atoms with Crippen LogP contribution in [0.4, 0.5) is 9.59 Å². The Kier molecular flexibility index (Phi) is 13.2. The topological polar surface area (TPSA) is 149 Å². The highest BCUT2D eigenvalue weighted by atomic mass is 16.6. The SMILES string of the molecule is CC(C)C[C@H](NC(=O)C(CCCCNC(=O)OCc1ccccc1)NC(=O)OCc1ccccc1)C(N)=O. The van der Waals surface area contributed by atoms with Crippen molar-refractivity contribution in [3.05, 3.63) is 71.8 Å². The number of carbonyl (C=O) groups excluding carboxylic acids is 4. The Labute approximate surface area is 223 Å². The van der Waals surface area contributed by atoms with E-state index in [1.807, 2.05) is 74.5 Å². The molecule has 0 fully saturated rings. The number of hydrogen-bond acceptors (Lipinski definition) is 6. The minimum atomic E-state index is -0.947. The van der Waals surface area contributed by atoms with Crippen molar-refractivity contribution in [3.8, 4) is 0 Å². The third-order valence-electron chi connectivity index (χ3n) is 5.59. The van der Waals surface area contributed by atoms with Crippen molar-refractivity contribution in [2.24, 2.45) is 11.7 Å². The molecule has 2 aromatic rings. The van der Waals surface area contributed by atoms with Gasteiger partial charge in [0.1, 0.15) is 25.3 Å². The quantitative estimate of drug-likeness (QED) is 0.261. The molecule has 10 heteroatoms. The van der Waals surface area contributed by atoms with E-state index in [4.69, 9.17) is 15.2 Å². The first kappa shape index (κ1) is 30.1. The fraction of sp³-hybridized carbons (Fsp3) is 0.429. The Morgan fingerprint density at radius 3 is 1.84 bits per heavy atom. The van der Waals surface area contributed by atoms with Crippen molar-refractivity contribution in [2.45, 2.75) is 64.8 Å². The second-order valence-corrected chi connectivity index (χ2v) is 9.34. The van der Waals surface area contributed by atoms with Crippen LogP contribution in [0.15, 0.2) is 60.7 Å². The molecule has 0 aliphatic carbocycles. The molecule has 0 aromatic heterocycles. The third-order valence-corrected chi connectivity index (χ3v) is 5.59. The van der Waals surface area contributed by atoms with E-state index in [1.54, 1.807) is 0 Å². The molecule has 10 nitrogen and oxygen atoms in total. The molecule has 206 valence electrons. The van der Waals surface area contributed by atoms with E-state index in [0.717, 1.165) is 11.1 Å². The molecule has 2 atom stereocenters. The molecule has 4 amide bonds. The molecule has 0 aliphatic heterocycles. The zero-order valence-corrected chi connectivity index (χ0v) is 22.0. The van der Waals surface area contributed by atoms with Gasteiger partial charge in [0.05, 0.1) is 0 Å². The standard InChI is InChI=1S/C28H38N4O6/c1-20(2)17-24(25(29)33)31-26(34)23(32-28(36)38-19-22-13-7-4-8-14-22)15-9-10-16-30-27(35)37-18-21-11-5-3-6-12-21/h3-8,11-14,20,23-24H,9-10,15-19H2,1-2H3,(H2,29,33)(H,30,35)(H,31,34)(H,32,36)/t23?,24-/m0/s1. The van der Waals surface area contributed by atoms with E-state index < -0.39 is 36.1 Å². The van der Waals surface area contributed by atoms with E-state index in [-0.39, 0.29) is 25.6 Å². The number of alkyl carbamates (subject to hydrolysis) is 2. The van der Waals surface area contributed by atoms with E-state index >= 15 is 0 Å². The van der Waals surface area contributed by atoms with E-state index in [9.17, 15) is 19.2 Å². The summed E-state index contributed by atoms with van der Waals surface area (Å²) < 4.78 is 10.4. The number of carbonyl (C=O) groups is 4. The number of benzene rings is 2. The van der Waals surface area contributed by atoms with Gasteiger partial charge in [0.15, 0.2) is 0 Å². The van der Waals surface area contributed by atoms with Gasteiger partial charge in [-0.25, -0.2) is 9.59 Å². The number of ether oxygens (including phenoxy) is 2. The molecule has 0 saturated carbocycles. The number of unbranched alkanes of at least 4 members (excludes halogenated alkanes) is 1. The second-order valence-electron chi connectivity index (χ2n) is 9.34. The van der Waals surface area contributed by atoms with Gasteiger partial charge >= 0.3 is 12.2 Å². The number of nitrogens with two attached hydrogens (primary N) is 1. The summed E-state index contributed by atoms with van der Waals surface area (Å²) in [6.45, 7) is 4.37. The lowest BCUT2D eigenvalue weighted by Gasteiger charge is -2.23. The van der Waals surface area contributed by atoms with Crippen LogP contribution in [0.3, 0.4) is 0 Å². The zero-order chi connectivity index (χ0) is 27.8. The summed E-state index contributed by atoms with van der Waals surface area (Å²) in [6, 6.07) is 16.7. The van der Waals surface area contributed by atoms with Crippen LogP contribution in [0.25, 0.3) is 0 Å². The fourth-order valence-corrected chi connectivity index (χ4v) is 3.60. The minimum Gasteiger partial charge on any atom is -0.445 e. The largest absolute Gasteiger partial charge is 0.445 e. The van der Waals surface area contributed by atoms with Crippen LogP contribution >= 0.6 is 0 Å². The van der Waals surface area contributed by atoms with Crippen molar-refractivity contribution >= 4 is 24.0 Å². The highest BCUT2D eigenvalue weighted by molar-refractivity contribution is 5.90. The van der Waals surface area contributed by atoms with Gasteiger partial charge in [-0.15, -0.1) is 0 Å². The summed E-state index contributed by atoms with van der Waals surface area (Å²) in [7, 11) is 0. The van der Waals surface area contributed by atoms with Gasteiger partial charge in [0.25, 0.3) is 0 Å². The zero-order valence-electron chi connectivity index (χ0n) is 22.0. The summed E-state index contributed by atoms with van der Waals surface area (Å²) in [5.74, 6) is -1.04. The number of amides is 4. The summed E-state index contributed by atoms with van der Waals surface area (Å²) in [5.41, 5.74) is 7.15. The van der Waals surface area contributed by atoms with Gasteiger partial charge in [-0.05, 0) is 42.7 Å². The van der Waals surface area contributed by atoms with Gasteiger partial charge in [-0.2, -0.15) is 0 Å². The van der Waals surface area contributed by atoms with Crippen LogP contribution in [-0.2, 0) is 32.3 Å². The molecule has 1 unspecified atom stereocenters. The average Bonchev–Trinajstić information content (AvgIpc) is 2.90. The predicted molar refractivity (Wildman–Crippen MR) is 143 cm³/mol. The molecular formula is C28H38N4O6. The maximum atomic E-state index is 13.0. The highest BCUT2D eigenvalue weighted by Crippen LogP contribution is 2.08. The first-order valence-electron chi connectivity index (χ1n) is 12.8.